The zero-order valence-corrected chi connectivity index (χ0v) is 22.8. The van der Waals surface area contributed by atoms with Crippen LogP contribution < -0.4 is 4.90 Å². The largest absolute Gasteiger partial charge is 0.335 e. The maximum absolute atomic E-state index is 12.3. The smallest absolute Gasteiger partial charge is 0.230 e. The highest BCUT2D eigenvalue weighted by Crippen LogP contribution is 2.42. The molecule has 0 radical (unpaired) electrons. The summed E-state index contributed by atoms with van der Waals surface area (Å²) in [7, 11) is 0. The predicted molar refractivity (Wildman–Crippen MR) is 154 cm³/mol. The van der Waals surface area contributed by atoms with Crippen LogP contribution in [0.2, 0.25) is 10.0 Å². The van der Waals surface area contributed by atoms with Crippen molar-refractivity contribution in [3.05, 3.63) is 88.7 Å². The van der Waals surface area contributed by atoms with Gasteiger partial charge in [0.25, 0.3) is 0 Å². The second-order valence-electron chi connectivity index (χ2n) is 10.5. The number of likely N-dealkylation sites (tertiary alicyclic amines) is 1. The van der Waals surface area contributed by atoms with E-state index in [9.17, 15) is 4.79 Å². The lowest BCUT2D eigenvalue weighted by molar-refractivity contribution is -0.116. The zero-order valence-electron chi connectivity index (χ0n) is 21.3. The minimum atomic E-state index is -0.568. The molecule has 1 aliphatic carbocycles. The van der Waals surface area contributed by atoms with E-state index in [-0.39, 0.29) is 12.1 Å². The van der Waals surface area contributed by atoms with Crippen LogP contribution in [0.4, 0.5) is 5.95 Å². The Balaban J connectivity index is 1.35. The summed E-state index contributed by atoms with van der Waals surface area (Å²) in [4.78, 5) is 26.8. The first-order valence-corrected chi connectivity index (χ1v) is 13.9. The number of piperazine rings is 1. The van der Waals surface area contributed by atoms with Gasteiger partial charge in [-0.3, -0.25) is 4.90 Å². The van der Waals surface area contributed by atoms with E-state index in [2.05, 4.69) is 15.9 Å². The van der Waals surface area contributed by atoms with E-state index in [1.54, 1.807) is 0 Å². The molecule has 0 spiro atoms. The second kappa shape index (κ2) is 9.30. The molecule has 3 atom stereocenters. The van der Waals surface area contributed by atoms with Gasteiger partial charge in [0.05, 0.1) is 16.1 Å². The lowest BCUT2D eigenvalue weighted by Gasteiger charge is -2.43. The summed E-state index contributed by atoms with van der Waals surface area (Å²) in [5, 5.41) is 6.37. The fraction of sp³-hybridized carbons (Fsp3) is 0.267. The molecule has 2 aromatic carbocycles. The minimum Gasteiger partial charge on any atom is -0.335 e. The molecule has 0 saturated carbocycles. The highest BCUT2D eigenvalue weighted by molar-refractivity contribution is 6.33. The summed E-state index contributed by atoms with van der Waals surface area (Å²) in [5.41, 5.74) is 3.57. The van der Waals surface area contributed by atoms with Gasteiger partial charge in [-0.25, -0.2) is 4.98 Å². The second-order valence-corrected chi connectivity index (χ2v) is 11.3. The van der Waals surface area contributed by atoms with Gasteiger partial charge in [0.2, 0.25) is 5.95 Å². The van der Waals surface area contributed by atoms with Crippen LogP contribution >= 0.6 is 23.2 Å². The fourth-order valence-corrected chi connectivity index (χ4v) is 6.70. The van der Waals surface area contributed by atoms with Crippen LogP contribution in [0.3, 0.4) is 0 Å². The van der Waals surface area contributed by atoms with Crippen LogP contribution in [0.5, 0.6) is 0 Å². The molecule has 4 aromatic rings. The summed E-state index contributed by atoms with van der Waals surface area (Å²) in [5.74, 6) is 1.43. The Bertz CT molecular complexity index is 1660. The summed E-state index contributed by atoms with van der Waals surface area (Å²) in [6.07, 6.45) is 10.9. The number of hydrogen-bond donors (Lipinski definition) is 0. The quantitative estimate of drug-likeness (QED) is 0.290. The number of rotatable bonds is 5. The number of allylic oxidation sites excluding steroid dienone is 2. The Labute approximate surface area is 236 Å². The molecular weight excluding hydrogens is 531 g/mol. The van der Waals surface area contributed by atoms with E-state index in [1.807, 2.05) is 78.2 Å². The van der Waals surface area contributed by atoms with Crippen molar-refractivity contribution in [2.45, 2.75) is 37.4 Å². The van der Waals surface area contributed by atoms with Crippen molar-refractivity contribution in [1.82, 2.24) is 24.5 Å². The molecule has 2 aliphatic heterocycles. The van der Waals surface area contributed by atoms with Crippen molar-refractivity contribution in [3.8, 4) is 22.4 Å². The average Bonchev–Trinajstić information content (AvgIpc) is 3.67. The van der Waals surface area contributed by atoms with Crippen LogP contribution in [0.15, 0.2) is 72.8 Å². The topological polar surface area (TPSA) is 66.6 Å². The molecule has 2 aromatic heterocycles. The Morgan fingerprint density at radius 1 is 1.00 bits per heavy atom. The van der Waals surface area contributed by atoms with E-state index < -0.39 is 5.54 Å². The highest BCUT2D eigenvalue weighted by Gasteiger charge is 2.51. The Hall–Kier alpha value is -3.52. The molecule has 2 bridgehead atoms. The first-order chi connectivity index (χ1) is 19.0. The number of hydrogen-bond acceptors (Lipinski definition) is 6. The van der Waals surface area contributed by atoms with Gasteiger partial charge in [-0.05, 0) is 43.5 Å². The molecule has 2 saturated heterocycles. The summed E-state index contributed by atoms with van der Waals surface area (Å²) in [6.45, 7) is 3.47. The summed E-state index contributed by atoms with van der Waals surface area (Å²) >= 11 is 12.9. The minimum absolute atomic E-state index is 0.218. The van der Waals surface area contributed by atoms with Gasteiger partial charge in [0, 0.05) is 35.8 Å². The lowest BCUT2D eigenvalue weighted by atomic mass is 9.90. The Morgan fingerprint density at radius 3 is 2.51 bits per heavy atom. The third-order valence-corrected chi connectivity index (χ3v) is 8.74. The first-order valence-electron chi connectivity index (χ1n) is 13.1. The SMILES string of the molecule is Cc1nc(N2C[C@@H]3C[C@H]2CN3C2(C=O)C=CC=CC2)n2nc(-c3ccccc3Cl)c(-c3ccc(Cl)cc3)c2n1. The number of carbonyl (C=O) groups excluding carboxylic acids is 1. The predicted octanol–water partition coefficient (Wildman–Crippen LogP) is 5.79. The molecule has 7 nitrogen and oxygen atoms in total. The normalized spacial score (nSPS) is 24.2. The summed E-state index contributed by atoms with van der Waals surface area (Å²) in [6, 6.07) is 15.9. The fourth-order valence-electron chi connectivity index (χ4n) is 6.35. The van der Waals surface area contributed by atoms with E-state index >= 15 is 0 Å². The van der Waals surface area contributed by atoms with Gasteiger partial charge < -0.3 is 9.69 Å². The van der Waals surface area contributed by atoms with Crippen LogP contribution in [-0.4, -0.2) is 61.5 Å². The molecule has 1 unspecified atom stereocenters. The number of carbonyl (C=O) groups is 1. The van der Waals surface area contributed by atoms with Crippen molar-refractivity contribution in [2.24, 2.45) is 0 Å². The standard InChI is InChI=1S/C30H26Cl2N6O/c1-19-33-28-26(20-9-11-21(31)12-10-20)27(24-7-3-4-8-25(24)32)35-38(28)29(34-19)36-16-23-15-22(36)17-37(23)30(18-39)13-5-2-6-14-30/h2-13,18,22-23H,14-17H2,1H3/t22-,23-,30?/m0/s1. The number of nitrogens with zero attached hydrogens (tertiary/aromatic N) is 6. The third-order valence-electron chi connectivity index (χ3n) is 8.16. The number of benzene rings is 2. The average molecular weight is 557 g/mol. The van der Waals surface area contributed by atoms with Crippen molar-refractivity contribution >= 4 is 41.1 Å². The third kappa shape index (κ3) is 3.91. The Morgan fingerprint density at radius 2 is 1.82 bits per heavy atom. The van der Waals surface area contributed by atoms with Crippen LogP contribution in [-0.2, 0) is 4.79 Å². The molecule has 39 heavy (non-hydrogen) atoms. The van der Waals surface area contributed by atoms with Gasteiger partial charge in [-0.1, -0.05) is 77.8 Å². The van der Waals surface area contributed by atoms with Crippen molar-refractivity contribution < 1.29 is 4.79 Å². The van der Waals surface area contributed by atoms with Crippen molar-refractivity contribution in [1.29, 1.82) is 0 Å². The maximum Gasteiger partial charge on any atom is 0.230 e. The maximum atomic E-state index is 12.3. The molecule has 7 rings (SSSR count). The van der Waals surface area contributed by atoms with Gasteiger partial charge in [0.15, 0.2) is 5.65 Å². The number of halogens is 2. The molecular formula is C30H26Cl2N6O. The zero-order chi connectivity index (χ0) is 26.7. The van der Waals surface area contributed by atoms with Gasteiger partial charge in [-0.15, -0.1) is 0 Å². The molecule has 0 amide bonds. The van der Waals surface area contributed by atoms with Gasteiger partial charge in [0.1, 0.15) is 17.8 Å². The van der Waals surface area contributed by atoms with Crippen molar-refractivity contribution in [2.75, 3.05) is 18.0 Å². The van der Waals surface area contributed by atoms with Crippen molar-refractivity contribution in [3.63, 3.8) is 0 Å². The van der Waals surface area contributed by atoms with Crippen LogP contribution in [0.1, 0.15) is 18.7 Å². The monoisotopic (exact) mass is 556 g/mol. The Kier molecular flexibility index (Phi) is 5.84. The number of aldehydes is 1. The molecule has 196 valence electrons. The number of aryl methyl sites for hydroxylation is 1. The molecule has 3 aliphatic rings. The lowest BCUT2D eigenvalue weighted by Crippen LogP contribution is -2.58. The first kappa shape index (κ1) is 24.5. The number of aromatic nitrogens is 4. The van der Waals surface area contributed by atoms with Gasteiger partial charge in [-0.2, -0.15) is 14.6 Å². The highest BCUT2D eigenvalue weighted by atomic mass is 35.5. The van der Waals surface area contributed by atoms with Crippen LogP contribution in [0, 0.1) is 6.92 Å². The number of fused-ring (bicyclic) bond motifs is 3. The molecule has 2 fully saturated rings. The molecule has 4 heterocycles. The van der Waals surface area contributed by atoms with Gasteiger partial charge >= 0.3 is 0 Å². The molecule has 0 N–H and O–H groups in total. The molecule has 9 heteroatoms. The summed E-state index contributed by atoms with van der Waals surface area (Å²) < 4.78 is 1.86. The van der Waals surface area contributed by atoms with E-state index in [1.165, 1.54) is 0 Å². The van der Waals surface area contributed by atoms with Crippen LogP contribution in [0.25, 0.3) is 28.0 Å². The van der Waals surface area contributed by atoms with E-state index in [0.29, 0.717) is 22.3 Å². The van der Waals surface area contributed by atoms with E-state index in [0.717, 1.165) is 59.8 Å². The number of anilines is 1. The van der Waals surface area contributed by atoms with E-state index in [4.69, 9.17) is 38.3 Å².